The van der Waals surface area contributed by atoms with Crippen LogP contribution in [0.15, 0.2) is 30.3 Å². The lowest BCUT2D eigenvalue weighted by Crippen LogP contribution is -2.40. The predicted molar refractivity (Wildman–Crippen MR) is 85.8 cm³/mol. The second-order valence-corrected chi connectivity index (χ2v) is 6.55. The number of aromatic nitrogens is 1. The Morgan fingerprint density at radius 1 is 1.36 bits per heavy atom. The van der Waals surface area contributed by atoms with Gasteiger partial charge >= 0.3 is 0 Å². The summed E-state index contributed by atoms with van der Waals surface area (Å²) in [6.07, 6.45) is 0.652. The van der Waals surface area contributed by atoms with Crippen LogP contribution in [0.5, 0.6) is 0 Å². The lowest BCUT2D eigenvalue weighted by atomic mass is 10.1. The first-order chi connectivity index (χ1) is 10.6. The molecule has 6 heteroatoms. The van der Waals surface area contributed by atoms with Gasteiger partial charge < -0.3 is 10.2 Å². The van der Waals surface area contributed by atoms with Gasteiger partial charge in [0.25, 0.3) is 5.91 Å². The van der Waals surface area contributed by atoms with Gasteiger partial charge in [-0.05, 0) is 13.3 Å². The van der Waals surface area contributed by atoms with Crippen LogP contribution >= 0.6 is 11.3 Å². The van der Waals surface area contributed by atoms with Crippen LogP contribution in [-0.2, 0) is 4.79 Å². The van der Waals surface area contributed by atoms with Crippen molar-refractivity contribution in [2.24, 2.45) is 0 Å². The van der Waals surface area contributed by atoms with Crippen molar-refractivity contribution in [3.63, 3.8) is 0 Å². The molecular formula is C16H17N3O2S. The number of thiazole rings is 1. The summed E-state index contributed by atoms with van der Waals surface area (Å²) in [5.74, 6) is -0.256. The van der Waals surface area contributed by atoms with Crippen molar-refractivity contribution in [1.82, 2.24) is 15.2 Å². The maximum absolute atomic E-state index is 12.5. The average Bonchev–Trinajstić information content (AvgIpc) is 3.06. The minimum Gasteiger partial charge on any atom is -0.344 e. The van der Waals surface area contributed by atoms with E-state index < -0.39 is 6.04 Å². The third-order valence-electron chi connectivity index (χ3n) is 3.72. The quantitative estimate of drug-likeness (QED) is 0.943. The van der Waals surface area contributed by atoms with Crippen molar-refractivity contribution in [2.45, 2.75) is 19.4 Å². The topological polar surface area (TPSA) is 62.3 Å². The molecule has 0 aliphatic carbocycles. The Kier molecular flexibility index (Phi) is 3.94. The van der Waals surface area contributed by atoms with Crippen LogP contribution in [0.2, 0.25) is 0 Å². The molecule has 1 atom stereocenters. The van der Waals surface area contributed by atoms with Gasteiger partial charge in [0.15, 0.2) is 0 Å². The van der Waals surface area contributed by atoms with Gasteiger partial charge in [-0.15, -0.1) is 11.3 Å². The minimum absolute atomic E-state index is 0.0316. The zero-order valence-electron chi connectivity index (χ0n) is 12.5. The number of likely N-dealkylation sites (N-methyl/N-ethyl adjacent to an activating group) is 1. The van der Waals surface area contributed by atoms with Crippen molar-refractivity contribution in [3.8, 4) is 11.3 Å². The van der Waals surface area contributed by atoms with Gasteiger partial charge in [0, 0.05) is 19.2 Å². The summed E-state index contributed by atoms with van der Waals surface area (Å²) in [5, 5.41) is 3.67. The zero-order valence-corrected chi connectivity index (χ0v) is 13.3. The highest BCUT2D eigenvalue weighted by atomic mass is 32.1. The van der Waals surface area contributed by atoms with E-state index in [2.05, 4.69) is 10.3 Å². The number of nitrogens with zero attached hydrogens (tertiary/aromatic N) is 2. The number of aryl methyl sites for hydroxylation is 1. The molecule has 1 N–H and O–H groups in total. The van der Waals surface area contributed by atoms with Crippen molar-refractivity contribution < 1.29 is 9.59 Å². The highest BCUT2D eigenvalue weighted by molar-refractivity contribution is 7.14. The van der Waals surface area contributed by atoms with Gasteiger partial charge in [0.2, 0.25) is 5.91 Å². The van der Waals surface area contributed by atoms with E-state index in [9.17, 15) is 9.59 Å². The van der Waals surface area contributed by atoms with E-state index in [0.717, 1.165) is 10.6 Å². The Balaban J connectivity index is 1.86. The number of benzene rings is 1. The Bertz CT molecular complexity index is 711. The summed E-state index contributed by atoms with van der Waals surface area (Å²) in [6.45, 7) is 2.55. The van der Waals surface area contributed by atoms with E-state index in [0.29, 0.717) is 23.5 Å². The number of carbonyl (C=O) groups excluding carboxylic acids is 2. The van der Waals surface area contributed by atoms with Crippen LogP contribution in [-0.4, -0.2) is 41.3 Å². The fraction of sp³-hybridized carbons (Fsp3) is 0.312. The van der Waals surface area contributed by atoms with E-state index in [1.54, 1.807) is 11.9 Å². The van der Waals surface area contributed by atoms with Crippen LogP contribution in [0.3, 0.4) is 0 Å². The minimum atomic E-state index is -0.427. The molecule has 1 aliphatic rings. The first kappa shape index (κ1) is 14.7. The normalized spacial score (nSPS) is 17.8. The molecule has 1 saturated heterocycles. The summed E-state index contributed by atoms with van der Waals surface area (Å²) in [4.78, 5) is 31.2. The van der Waals surface area contributed by atoms with E-state index in [1.165, 1.54) is 11.3 Å². The number of carbonyl (C=O) groups is 2. The largest absolute Gasteiger partial charge is 0.344 e. The lowest BCUT2D eigenvalue weighted by Gasteiger charge is -2.12. The molecule has 0 spiro atoms. The Morgan fingerprint density at radius 3 is 2.73 bits per heavy atom. The molecule has 2 heterocycles. The third-order valence-corrected chi connectivity index (χ3v) is 4.69. The van der Waals surface area contributed by atoms with Crippen molar-refractivity contribution in [2.75, 3.05) is 13.6 Å². The van der Waals surface area contributed by atoms with E-state index in [1.807, 2.05) is 37.3 Å². The number of amides is 2. The smallest absolute Gasteiger partial charge is 0.264 e. The summed E-state index contributed by atoms with van der Waals surface area (Å²) in [5.41, 5.74) is 1.59. The molecule has 1 aromatic carbocycles. The van der Waals surface area contributed by atoms with Crippen LogP contribution < -0.4 is 5.32 Å². The predicted octanol–water partition coefficient (Wildman–Crippen LogP) is 2.08. The second kappa shape index (κ2) is 5.88. The number of hydrogen-bond acceptors (Lipinski definition) is 4. The molecule has 1 aromatic heterocycles. The fourth-order valence-electron chi connectivity index (χ4n) is 2.55. The van der Waals surface area contributed by atoms with Gasteiger partial charge in [-0.2, -0.15) is 0 Å². The Labute approximate surface area is 133 Å². The van der Waals surface area contributed by atoms with Gasteiger partial charge in [-0.3, -0.25) is 9.59 Å². The summed E-state index contributed by atoms with van der Waals surface area (Å²) < 4.78 is 0. The molecule has 3 rings (SSSR count). The molecule has 0 bridgehead atoms. The Morgan fingerprint density at radius 2 is 2.09 bits per heavy atom. The van der Waals surface area contributed by atoms with Crippen molar-refractivity contribution >= 4 is 23.2 Å². The number of hydrogen-bond donors (Lipinski definition) is 1. The molecule has 2 amide bonds. The molecule has 5 nitrogen and oxygen atoms in total. The maximum atomic E-state index is 12.5. The van der Waals surface area contributed by atoms with Crippen LogP contribution in [0, 0.1) is 6.92 Å². The average molecular weight is 315 g/mol. The number of nitrogens with one attached hydrogen (secondary N) is 1. The number of likely N-dealkylation sites (tertiary alicyclic amines) is 1. The van der Waals surface area contributed by atoms with Gasteiger partial charge in [-0.25, -0.2) is 4.98 Å². The molecule has 1 fully saturated rings. The first-order valence-electron chi connectivity index (χ1n) is 7.15. The summed E-state index contributed by atoms with van der Waals surface area (Å²) in [7, 11) is 1.75. The van der Waals surface area contributed by atoms with Crippen LogP contribution in [0.25, 0.3) is 11.3 Å². The molecule has 1 aliphatic heterocycles. The third kappa shape index (κ3) is 2.74. The molecule has 1 unspecified atom stereocenters. The first-order valence-corrected chi connectivity index (χ1v) is 7.96. The van der Waals surface area contributed by atoms with Crippen LogP contribution in [0.4, 0.5) is 0 Å². The van der Waals surface area contributed by atoms with E-state index in [4.69, 9.17) is 0 Å². The van der Waals surface area contributed by atoms with Crippen molar-refractivity contribution in [1.29, 1.82) is 0 Å². The summed E-state index contributed by atoms with van der Waals surface area (Å²) >= 11 is 1.35. The van der Waals surface area contributed by atoms with Gasteiger partial charge in [0.05, 0.1) is 10.7 Å². The van der Waals surface area contributed by atoms with Gasteiger partial charge in [0.1, 0.15) is 10.9 Å². The SMILES string of the molecule is Cc1nc(-c2ccccc2)c(C(=O)NC2CCN(C)C2=O)s1. The monoisotopic (exact) mass is 315 g/mol. The molecule has 0 radical (unpaired) electrons. The highest BCUT2D eigenvalue weighted by Gasteiger charge is 2.31. The molecule has 0 saturated carbocycles. The molecule has 22 heavy (non-hydrogen) atoms. The van der Waals surface area contributed by atoms with Crippen molar-refractivity contribution in [3.05, 3.63) is 40.2 Å². The van der Waals surface area contributed by atoms with Crippen LogP contribution in [0.1, 0.15) is 21.1 Å². The maximum Gasteiger partial charge on any atom is 0.264 e. The molecule has 114 valence electrons. The zero-order chi connectivity index (χ0) is 15.7. The second-order valence-electron chi connectivity index (χ2n) is 5.35. The van der Waals surface area contributed by atoms with E-state index >= 15 is 0 Å². The molecule has 2 aromatic rings. The van der Waals surface area contributed by atoms with E-state index in [-0.39, 0.29) is 11.8 Å². The molecular weight excluding hydrogens is 298 g/mol. The summed E-state index contributed by atoms with van der Waals surface area (Å²) in [6, 6.07) is 9.20. The highest BCUT2D eigenvalue weighted by Crippen LogP contribution is 2.28. The van der Waals surface area contributed by atoms with Gasteiger partial charge in [-0.1, -0.05) is 30.3 Å². The Hall–Kier alpha value is -2.21. The number of rotatable bonds is 3. The lowest BCUT2D eigenvalue weighted by molar-refractivity contribution is -0.128. The standard InChI is InChI=1S/C16H17N3O2S/c1-10-17-13(11-6-4-3-5-7-11)14(22-10)15(20)18-12-8-9-19(2)16(12)21/h3-7,12H,8-9H2,1-2H3,(H,18,20). The fourth-order valence-corrected chi connectivity index (χ4v) is 3.40.